The van der Waals surface area contributed by atoms with E-state index in [0.29, 0.717) is 57.2 Å². The van der Waals surface area contributed by atoms with Gasteiger partial charge in [-0.2, -0.15) is 0 Å². The standard InChI is InChI=1S/C39H39ClFN9O6/c1-56-33-18-30-25(37(44-21-43-30)46-23-7-8-28(41)27(40)16-23)17-31(33)47-34(51)6-3-13-49-14-11-22(12-15-49)45-36(53)19-42-29-5-2-4-24-26(29)20-50(39(24)55)32-9-10-35(52)48-38(32)54/h2-8,16-18,21-22,32,42H,9-15,19-20H2,1H3,(H,45,53)(H,47,51)(H,43,44,46)(H,48,52,54)/b6-3+. The number of amides is 5. The van der Waals surface area contributed by atoms with Gasteiger partial charge in [0.2, 0.25) is 23.6 Å². The van der Waals surface area contributed by atoms with Crippen LogP contribution in [0, 0.1) is 5.82 Å². The number of piperidine rings is 2. The number of halogens is 2. The molecule has 1 unspecified atom stereocenters. The number of ether oxygens (including phenoxy) is 1. The summed E-state index contributed by atoms with van der Waals surface area (Å²) in [5.74, 6) is -1.32. The summed E-state index contributed by atoms with van der Waals surface area (Å²) in [5, 5.41) is 15.1. The molecule has 1 atom stereocenters. The number of carbonyl (C=O) groups excluding carboxylic acids is 5. The first-order valence-corrected chi connectivity index (χ1v) is 18.5. The highest BCUT2D eigenvalue weighted by atomic mass is 35.5. The first-order chi connectivity index (χ1) is 27.1. The van der Waals surface area contributed by atoms with E-state index in [2.05, 4.69) is 41.5 Å². The predicted molar refractivity (Wildman–Crippen MR) is 207 cm³/mol. The molecule has 0 radical (unpaired) electrons. The molecule has 4 aromatic rings. The van der Waals surface area contributed by atoms with Gasteiger partial charge in [0.25, 0.3) is 5.91 Å². The number of anilines is 4. The minimum Gasteiger partial charge on any atom is -0.494 e. The van der Waals surface area contributed by atoms with Gasteiger partial charge in [-0.1, -0.05) is 23.7 Å². The summed E-state index contributed by atoms with van der Waals surface area (Å²) in [7, 11) is 1.49. The van der Waals surface area contributed by atoms with Crippen LogP contribution in [0.3, 0.4) is 0 Å². The van der Waals surface area contributed by atoms with Crippen molar-refractivity contribution >= 4 is 74.9 Å². The molecule has 3 aliphatic rings. The fourth-order valence-electron chi connectivity index (χ4n) is 7.11. The number of nitrogens with one attached hydrogen (secondary N) is 5. The van der Waals surface area contributed by atoms with Crippen LogP contribution in [0.2, 0.25) is 5.02 Å². The molecule has 1 aromatic heterocycles. The number of likely N-dealkylation sites (tertiary alicyclic amines) is 1. The summed E-state index contributed by atoms with van der Waals surface area (Å²) in [5.41, 5.74) is 3.34. The molecule has 5 amide bonds. The van der Waals surface area contributed by atoms with Crippen LogP contribution in [-0.2, 0) is 25.7 Å². The van der Waals surface area contributed by atoms with Crippen LogP contribution in [0.1, 0.15) is 41.6 Å². The van der Waals surface area contributed by atoms with Gasteiger partial charge in [-0.15, -0.1) is 0 Å². The lowest BCUT2D eigenvalue weighted by Gasteiger charge is -2.31. The molecule has 56 heavy (non-hydrogen) atoms. The SMILES string of the molecule is COc1cc2ncnc(Nc3ccc(F)c(Cl)c3)c2cc1NC(=O)/C=C/CN1CCC(NC(=O)CNc2cccc3c2CN(C2CCC(=O)NC2=O)C3=O)CC1. The molecule has 3 aliphatic heterocycles. The maximum atomic E-state index is 13.7. The van der Waals surface area contributed by atoms with Gasteiger partial charge in [-0.05, 0) is 55.7 Å². The third-order valence-corrected chi connectivity index (χ3v) is 10.3. The van der Waals surface area contributed by atoms with E-state index in [-0.39, 0.29) is 60.6 Å². The quantitative estimate of drug-likeness (QED) is 0.103. The Morgan fingerprint density at radius 1 is 1.05 bits per heavy atom. The van der Waals surface area contributed by atoms with Crippen LogP contribution in [0.5, 0.6) is 5.75 Å². The Hall–Kier alpha value is -6.13. The van der Waals surface area contributed by atoms with Crippen molar-refractivity contribution in [2.24, 2.45) is 0 Å². The highest BCUT2D eigenvalue weighted by Gasteiger charge is 2.40. The Morgan fingerprint density at radius 2 is 1.88 bits per heavy atom. The Morgan fingerprint density at radius 3 is 2.64 bits per heavy atom. The molecule has 0 saturated carbocycles. The van der Waals surface area contributed by atoms with Gasteiger partial charge in [0.05, 0.1) is 29.9 Å². The second-order valence-electron chi connectivity index (χ2n) is 13.7. The van der Waals surface area contributed by atoms with Gasteiger partial charge < -0.3 is 30.9 Å². The van der Waals surface area contributed by atoms with Crippen LogP contribution in [0.15, 0.2) is 67.0 Å². The van der Waals surface area contributed by atoms with E-state index in [1.807, 2.05) is 0 Å². The van der Waals surface area contributed by atoms with Crippen LogP contribution in [-0.4, -0.2) is 94.7 Å². The van der Waals surface area contributed by atoms with E-state index >= 15 is 0 Å². The van der Waals surface area contributed by atoms with Crippen molar-refractivity contribution < 1.29 is 33.1 Å². The molecule has 0 bridgehead atoms. The zero-order chi connectivity index (χ0) is 39.3. The predicted octanol–water partition coefficient (Wildman–Crippen LogP) is 4.12. The van der Waals surface area contributed by atoms with Crippen molar-refractivity contribution in [2.75, 3.05) is 49.2 Å². The van der Waals surface area contributed by atoms with Crippen LogP contribution < -0.4 is 31.3 Å². The summed E-state index contributed by atoms with van der Waals surface area (Å²) in [6.07, 6.45) is 6.54. The number of benzene rings is 3. The first kappa shape index (κ1) is 38.2. The molecular weight excluding hydrogens is 745 g/mol. The number of fused-ring (bicyclic) bond motifs is 2. The molecule has 0 aliphatic carbocycles. The number of nitrogens with zero attached hydrogens (tertiary/aromatic N) is 4. The minimum atomic E-state index is -0.715. The van der Waals surface area contributed by atoms with E-state index < -0.39 is 17.8 Å². The molecule has 2 fully saturated rings. The second-order valence-corrected chi connectivity index (χ2v) is 14.1. The molecule has 290 valence electrons. The lowest BCUT2D eigenvalue weighted by atomic mass is 10.0. The van der Waals surface area contributed by atoms with E-state index in [1.54, 1.807) is 36.4 Å². The van der Waals surface area contributed by atoms with Crippen LogP contribution in [0.4, 0.5) is 27.3 Å². The number of aromatic nitrogens is 2. The van der Waals surface area contributed by atoms with E-state index in [0.717, 1.165) is 25.9 Å². The van der Waals surface area contributed by atoms with Gasteiger partial charge in [0, 0.05) is 78.7 Å². The molecule has 7 rings (SSSR count). The molecule has 2 saturated heterocycles. The van der Waals surface area contributed by atoms with E-state index in [1.165, 1.54) is 42.6 Å². The number of carbonyl (C=O) groups is 5. The molecule has 17 heteroatoms. The Kier molecular flexibility index (Phi) is 11.4. The Bertz CT molecular complexity index is 2250. The Balaban J connectivity index is 0.871. The monoisotopic (exact) mass is 783 g/mol. The summed E-state index contributed by atoms with van der Waals surface area (Å²) in [4.78, 5) is 75.3. The molecule has 4 heterocycles. The van der Waals surface area contributed by atoms with Gasteiger partial charge >= 0.3 is 0 Å². The maximum absolute atomic E-state index is 13.7. The molecule has 3 aromatic carbocycles. The number of hydrogen-bond donors (Lipinski definition) is 5. The van der Waals surface area contributed by atoms with Crippen molar-refractivity contribution in [2.45, 2.75) is 44.3 Å². The maximum Gasteiger partial charge on any atom is 0.255 e. The van der Waals surface area contributed by atoms with Crippen LogP contribution in [0.25, 0.3) is 10.9 Å². The van der Waals surface area contributed by atoms with Crippen molar-refractivity contribution in [1.29, 1.82) is 0 Å². The third kappa shape index (κ3) is 8.56. The fraction of sp³-hybridized carbons (Fsp3) is 0.308. The minimum absolute atomic E-state index is 0.0110. The van der Waals surface area contributed by atoms with Gasteiger partial charge in [0.1, 0.15) is 29.8 Å². The second kappa shape index (κ2) is 16.7. The summed E-state index contributed by atoms with van der Waals surface area (Å²) in [6.45, 7) is 2.21. The van der Waals surface area contributed by atoms with Gasteiger partial charge in [-0.25, -0.2) is 14.4 Å². The molecule has 5 N–H and O–H groups in total. The topological polar surface area (TPSA) is 187 Å². The fourth-order valence-corrected chi connectivity index (χ4v) is 7.29. The van der Waals surface area contributed by atoms with Crippen molar-refractivity contribution in [3.05, 3.63) is 89.0 Å². The number of rotatable bonds is 12. The third-order valence-electron chi connectivity index (χ3n) is 10.0. The van der Waals surface area contributed by atoms with E-state index in [4.69, 9.17) is 16.3 Å². The van der Waals surface area contributed by atoms with Crippen molar-refractivity contribution in [1.82, 2.24) is 30.4 Å². The lowest BCUT2D eigenvalue weighted by molar-refractivity contribution is -0.137. The zero-order valence-corrected chi connectivity index (χ0v) is 31.1. The zero-order valence-electron chi connectivity index (χ0n) is 30.4. The van der Waals surface area contributed by atoms with Crippen molar-refractivity contribution in [3.8, 4) is 5.75 Å². The summed E-state index contributed by atoms with van der Waals surface area (Å²) < 4.78 is 19.2. The van der Waals surface area contributed by atoms with Crippen molar-refractivity contribution in [3.63, 3.8) is 0 Å². The van der Waals surface area contributed by atoms with Gasteiger partial charge in [0.15, 0.2) is 0 Å². The smallest absolute Gasteiger partial charge is 0.255 e. The Labute approximate surface area is 326 Å². The number of imide groups is 1. The average Bonchev–Trinajstić information content (AvgIpc) is 3.52. The number of methoxy groups -OCH3 is 1. The highest BCUT2D eigenvalue weighted by Crippen LogP contribution is 2.34. The van der Waals surface area contributed by atoms with Gasteiger partial charge in [-0.3, -0.25) is 34.2 Å². The summed E-state index contributed by atoms with van der Waals surface area (Å²) in [6, 6.07) is 12.1. The average molecular weight is 784 g/mol. The highest BCUT2D eigenvalue weighted by molar-refractivity contribution is 6.31. The molecule has 0 spiro atoms. The normalized spacial score (nSPS) is 17.5. The van der Waals surface area contributed by atoms with Crippen LogP contribution >= 0.6 is 11.6 Å². The largest absolute Gasteiger partial charge is 0.494 e. The van der Waals surface area contributed by atoms with E-state index in [9.17, 15) is 28.4 Å². The summed E-state index contributed by atoms with van der Waals surface area (Å²) >= 11 is 5.95. The molecular formula is C39H39ClFN9O6. The number of hydrogen-bond acceptors (Lipinski definition) is 11. The molecule has 15 nitrogen and oxygen atoms in total. The first-order valence-electron chi connectivity index (χ1n) is 18.1. The lowest BCUT2D eigenvalue weighted by Crippen LogP contribution is -2.52.